The van der Waals surface area contributed by atoms with Crippen molar-refractivity contribution in [3.63, 3.8) is 0 Å². The summed E-state index contributed by atoms with van der Waals surface area (Å²) in [6, 6.07) is 0. The van der Waals surface area contributed by atoms with E-state index in [1.807, 2.05) is 0 Å². The van der Waals surface area contributed by atoms with Gasteiger partial charge in [-0.1, -0.05) is 96.9 Å². The van der Waals surface area contributed by atoms with Crippen LogP contribution in [-0.4, -0.2) is 57.5 Å². The Balaban J connectivity index is 0.925. The summed E-state index contributed by atoms with van der Waals surface area (Å²) in [5.74, 6) is 3.34. The van der Waals surface area contributed by atoms with Crippen LogP contribution in [0.5, 0.6) is 0 Å². The van der Waals surface area contributed by atoms with E-state index in [-0.39, 0.29) is 103 Å². The lowest BCUT2D eigenvalue weighted by Crippen LogP contribution is -2.68. The Morgan fingerprint density at radius 3 is 1.34 bits per heavy atom. The molecule has 16 atom stereocenters. The van der Waals surface area contributed by atoms with E-state index >= 15 is 0 Å². The van der Waals surface area contributed by atoms with Gasteiger partial charge in [0, 0.05) is 18.4 Å². The van der Waals surface area contributed by atoms with Crippen LogP contribution < -0.4 is 10.6 Å². The molecule has 7 heteroatoms. The van der Waals surface area contributed by atoms with Gasteiger partial charge in [0.15, 0.2) is 11.6 Å². The first-order valence-electron chi connectivity index (χ1n) is 28.0. The molecule has 374 valence electrons. The number of Topliss-reactive ketones (excluding diaryl/α,β-unsaturated/α-hetero) is 2. The SMILES string of the molecule is CC(C)C1=C2C3CC[C@@H]4C5(C)CC[C@H](O)C(C)(C)[C@@H]5CCC4(C)[C@]3(C)CCC2(NCC(=O)NC23CC[C@]4(C)[C@H](CCC5[C@@]6(C)CC[C@H](O)C(C)(C)C6CC[C@]54C)C2=C(C(C)C)C(=O)C3)CC1=O. The molecule has 0 spiro atoms. The van der Waals surface area contributed by atoms with Crippen LogP contribution in [-0.2, 0) is 14.4 Å². The fourth-order valence-corrected chi connectivity index (χ4v) is 22.1. The van der Waals surface area contributed by atoms with Gasteiger partial charge in [-0.15, -0.1) is 0 Å². The predicted molar refractivity (Wildman–Crippen MR) is 268 cm³/mol. The Morgan fingerprint density at radius 1 is 0.507 bits per heavy atom. The standard InChI is InChI=1S/C60H94N2O5/c1-34(2)47-38(63)31-59(29-27-55(11)36(49(47)59)15-17-42-53(9)23-21-44(65)51(5,6)40(53)19-25-57(42,55)13)61-33-46(67)62-60-30-28-56(12)37(50(60)48(35(3)4)39(64)32-60)16-18-43-54(10)24-22-45(66)52(7,8)41(54)20-26-58(43,56)14/h34-37,40-45,61,65-66H,15-33H2,1-14H3,(H,62,67)/t36?,37-,40+,41?,42-,43?,44+,45+,53?,54+,55-,56-,57?,58-,59?,60?/m1/s1. The van der Waals surface area contributed by atoms with E-state index in [9.17, 15) is 24.6 Å². The van der Waals surface area contributed by atoms with Gasteiger partial charge in [-0.2, -0.15) is 0 Å². The third kappa shape index (κ3) is 6.13. The first-order valence-corrected chi connectivity index (χ1v) is 28.0. The van der Waals surface area contributed by atoms with Crippen LogP contribution in [0.1, 0.15) is 213 Å². The summed E-state index contributed by atoms with van der Waals surface area (Å²) in [6.07, 6.45) is 17.0. The summed E-state index contributed by atoms with van der Waals surface area (Å²) in [7, 11) is 0. The van der Waals surface area contributed by atoms with Crippen LogP contribution in [0.4, 0.5) is 0 Å². The van der Waals surface area contributed by atoms with Gasteiger partial charge in [-0.25, -0.2) is 0 Å². The lowest BCUT2D eigenvalue weighted by Gasteiger charge is -2.72. The number of aliphatic hydroxyl groups excluding tert-OH is 2. The van der Waals surface area contributed by atoms with Crippen molar-refractivity contribution in [2.75, 3.05) is 6.54 Å². The van der Waals surface area contributed by atoms with Gasteiger partial charge in [0.2, 0.25) is 5.91 Å². The molecule has 8 fully saturated rings. The molecular weight excluding hydrogens is 829 g/mol. The van der Waals surface area contributed by atoms with Crippen molar-refractivity contribution in [1.82, 2.24) is 10.6 Å². The van der Waals surface area contributed by atoms with Crippen LogP contribution >= 0.6 is 0 Å². The zero-order valence-corrected chi connectivity index (χ0v) is 44.8. The van der Waals surface area contributed by atoms with Crippen molar-refractivity contribution >= 4 is 17.5 Å². The van der Waals surface area contributed by atoms with E-state index in [4.69, 9.17) is 0 Å². The number of nitrogens with one attached hydrogen (secondary N) is 2. The number of allylic oxidation sites excluding steroid dienone is 2. The number of aliphatic hydroxyl groups is 2. The molecule has 10 rings (SSSR count). The number of carbonyl (C=O) groups is 3. The van der Waals surface area contributed by atoms with Crippen LogP contribution in [0.3, 0.4) is 0 Å². The molecule has 1 amide bonds. The van der Waals surface area contributed by atoms with Crippen molar-refractivity contribution in [1.29, 1.82) is 0 Å². The maximum Gasteiger partial charge on any atom is 0.234 e. The highest BCUT2D eigenvalue weighted by Gasteiger charge is 2.72. The Morgan fingerprint density at radius 2 is 0.910 bits per heavy atom. The fraction of sp³-hybridized carbons (Fsp3) is 0.883. The van der Waals surface area contributed by atoms with E-state index < -0.39 is 11.1 Å². The molecule has 0 aromatic carbocycles. The number of carbonyl (C=O) groups excluding carboxylic acids is 3. The number of amides is 1. The maximum absolute atomic E-state index is 15.0. The second kappa shape index (κ2) is 15.1. The first kappa shape index (κ1) is 48.8. The zero-order valence-electron chi connectivity index (χ0n) is 44.8. The van der Waals surface area contributed by atoms with Crippen LogP contribution in [0.15, 0.2) is 22.3 Å². The van der Waals surface area contributed by atoms with Crippen molar-refractivity contribution in [3.05, 3.63) is 22.3 Å². The Hall–Kier alpha value is -1.83. The average molecular weight is 923 g/mol. The molecule has 7 nitrogen and oxygen atoms in total. The lowest BCUT2D eigenvalue weighted by atomic mass is 9.33. The molecule has 10 aliphatic rings. The quantitative estimate of drug-likeness (QED) is 0.211. The number of rotatable bonds is 6. The minimum Gasteiger partial charge on any atom is -0.393 e. The monoisotopic (exact) mass is 923 g/mol. The highest BCUT2D eigenvalue weighted by atomic mass is 16.3. The predicted octanol–water partition coefficient (Wildman–Crippen LogP) is 11.9. The number of hydrogen-bond donors (Lipinski definition) is 4. The van der Waals surface area contributed by atoms with Crippen LogP contribution in [0, 0.1) is 90.7 Å². The van der Waals surface area contributed by atoms with Gasteiger partial charge in [0.1, 0.15) is 0 Å². The lowest BCUT2D eigenvalue weighted by molar-refractivity contribution is -0.227. The van der Waals surface area contributed by atoms with E-state index in [1.165, 1.54) is 17.6 Å². The molecule has 7 unspecified atom stereocenters. The zero-order chi connectivity index (χ0) is 48.7. The largest absolute Gasteiger partial charge is 0.393 e. The normalized spacial score (nSPS) is 50.7. The van der Waals surface area contributed by atoms with Gasteiger partial charge in [0.05, 0.1) is 24.3 Å². The molecule has 4 N–H and O–H groups in total. The average Bonchev–Trinajstić information content (AvgIpc) is 3.71. The third-order valence-electron chi connectivity index (χ3n) is 25.8. The van der Waals surface area contributed by atoms with Crippen molar-refractivity contribution in [2.45, 2.75) is 236 Å². The minimum atomic E-state index is -0.664. The van der Waals surface area contributed by atoms with Gasteiger partial charge >= 0.3 is 0 Å². The molecule has 8 saturated carbocycles. The summed E-state index contributed by atoms with van der Waals surface area (Å²) < 4.78 is 0. The smallest absolute Gasteiger partial charge is 0.234 e. The number of hydrogen-bond acceptors (Lipinski definition) is 6. The molecule has 0 radical (unpaired) electrons. The summed E-state index contributed by atoms with van der Waals surface area (Å²) in [5, 5.41) is 30.2. The van der Waals surface area contributed by atoms with E-state index in [0.717, 1.165) is 107 Å². The van der Waals surface area contributed by atoms with Gasteiger partial charge in [0.25, 0.3) is 0 Å². The van der Waals surface area contributed by atoms with Crippen molar-refractivity contribution in [3.8, 4) is 0 Å². The Kier molecular flexibility index (Phi) is 11.0. The Labute approximate surface area is 406 Å². The molecule has 67 heavy (non-hydrogen) atoms. The van der Waals surface area contributed by atoms with E-state index in [1.54, 1.807) is 0 Å². The van der Waals surface area contributed by atoms with Crippen LogP contribution in [0.25, 0.3) is 0 Å². The molecule has 10 aliphatic carbocycles. The minimum absolute atomic E-state index is 0.00227. The Bertz CT molecular complexity index is 2180. The summed E-state index contributed by atoms with van der Waals surface area (Å²) in [6.45, 7) is 33.8. The first-order chi connectivity index (χ1) is 31.0. The molecule has 0 heterocycles. The number of ketones is 2. The van der Waals surface area contributed by atoms with Crippen molar-refractivity contribution < 1.29 is 24.6 Å². The molecule has 0 aromatic rings. The third-order valence-corrected chi connectivity index (χ3v) is 25.8. The van der Waals surface area contributed by atoms with Crippen molar-refractivity contribution in [2.24, 2.45) is 90.7 Å². The fourth-order valence-electron chi connectivity index (χ4n) is 22.1. The molecule has 0 aliphatic heterocycles. The summed E-state index contributed by atoms with van der Waals surface area (Å²) >= 11 is 0. The molecular formula is C60H94N2O5. The van der Waals surface area contributed by atoms with E-state index in [2.05, 4.69) is 108 Å². The molecule has 0 aromatic heterocycles. The summed E-state index contributed by atoms with van der Waals surface area (Å²) in [4.78, 5) is 43.9. The molecule has 0 bridgehead atoms. The van der Waals surface area contributed by atoms with Gasteiger partial charge < -0.3 is 15.5 Å². The summed E-state index contributed by atoms with van der Waals surface area (Å²) in [5.41, 5.74) is 3.87. The van der Waals surface area contributed by atoms with Crippen LogP contribution in [0.2, 0.25) is 0 Å². The second-order valence-corrected chi connectivity index (χ2v) is 29.2. The highest BCUT2D eigenvalue weighted by molar-refractivity contribution is 6.03. The second-order valence-electron chi connectivity index (χ2n) is 29.2. The maximum atomic E-state index is 15.0. The highest BCUT2D eigenvalue weighted by Crippen LogP contribution is 2.78. The molecule has 0 saturated heterocycles. The van der Waals surface area contributed by atoms with E-state index in [0.29, 0.717) is 36.5 Å². The topological polar surface area (TPSA) is 116 Å². The van der Waals surface area contributed by atoms with Gasteiger partial charge in [-0.3, -0.25) is 19.7 Å². The number of fused-ring (bicyclic) bond motifs is 14. The van der Waals surface area contributed by atoms with Gasteiger partial charge in [-0.05, 0) is 216 Å².